The van der Waals surface area contributed by atoms with Gasteiger partial charge in [0.25, 0.3) is 0 Å². The fourth-order valence-electron chi connectivity index (χ4n) is 1.32. The van der Waals surface area contributed by atoms with Crippen LogP contribution in [-0.4, -0.2) is 19.6 Å². The van der Waals surface area contributed by atoms with Crippen LogP contribution in [0.3, 0.4) is 0 Å². The smallest absolute Gasteiger partial charge is 0.862 e. The summed E-state index contributed by atoms with van der Waals surface area (Å²) in [5, 5.41) is 11.6. The molecule has 0 unspecified atom stereocenters. The Morgan fingerprint density at radius 1 is 1.22 bits per heavy atom. The summed E-state index contributed by atoms with van der Waals surface area (Å²) in [4.78, 5) is 4.06. The molecule has 0 heterocycles. The van der Waals surface area contributed by atoms with Gasteiger partial charge < -0.3 is 14.8 Å². The summed E-state index contributed by atoms with van der Waals surface area (Å²) < 4.78 is 5.08. The molecule has 0 saturated carbocycles. The predicted molar refractivity (Wildman–Crippen MR) is 68.5 cm³/mol. The van der Waals surface area contributed by atoms with Crippen molar-refractivity contribution in [1.29, 1.82) is 0 Å². The third-order valence-electron chi connectivity index (χ3n) is 2.46. The Bertz CT molecular complexity index is 380. The van der Waals surface area contributed by atoms with Crippen LogP contribution in [0, 0.1) is 5.41 Å². The second kappa shape index (κ2) is 7.51. The van der Waals surface area contributed by atoms with E-state index < -0.39 is 0 Å². The van der Waals surface area contributed by atoms with Gasteiger partial charge in [-0.05, 0) is 35.4 Å². The first-order valence-corrected chi connectivity index (χ1v) is 5.78. The molecule has 0 aromatic heterocycles. The van der Waals surface area contributed by atoms with E-state index in [-0.39, 0.29) is 30.2 Å². The van der Waals surface area contributed by atoms with Gasteiger partial charge in [-0.25, -0.2) is 0 Å². The van der Waals surface area contributed by atoms with Gasteiger partial charge in [0.05, 0.1) is 7.11 Å². The molecule has 0 aliphatic carbocycles. The van der Waals surface area contributed by atoms with Gasteiger partial charge in [0, 0.05) is 6.54 Å². The molecule has 0 fully saturated rings. The van der Waals surface area contributed by atoms with Crippen LogP contribution in [0.2, 0.25) is 0 Å². The number of ether oxygens (including phenoxy) is 1. The number of methoxy groups -OCH3 is 1. The molecule has 94 valence electrons. The second-order valence-corrected chi connectivity index (χ2v) is 5.03. The Labute approximate surface area is 121 Å². The summed E-state index contributed by atoms with van der Waals surface area (Å²) >= 11 is 0. The zero-order valence-electron chi connectivity index (χ0n) is 12.0. The molecule has 0 radical (unpaired) electrons. The Kier molecular flexibility index (Phi) is 7.13. The molecule has 4 heteroatoms. The average molecular weight is 241 g/mol. The van der Waals surface area contributed by atoms with Crippen LogP contribution < -0.4 is 28.7 Å². The maximum absolute atomic E-state index is 11.6. The summed E-state index contributed by atoms with van der Waals surface area (Å²) in [5.41, 5.74) is 0.788. The molecule has 0 saturated heterocycles. The van der Waals surface area contributed by atoms with Crippen LogP contribution >= 0.6 is 0 Å². The number of nitrogens with zero attached hydrogens (tertiary/aromatic N) is 1. The van der Waals surface area contributed by atoms with Crippen molar-refractivity contribution in [3.63, 3.8) is 0 Å². The SMILES string of the molecule is COc1ccc(CCN=C([O-])C(C)(C)C)cc1.[Li+]. The molecule has 1 aromatic carbocycles. The summed E-state index contributed by atoms with van der Waals surface area (Å²) in [6.45, 7) is 6.19. The quantitative estimate of drug-likeness (QED) is 0.387. The molecular formula is C14H20LiNO2. The minimum atomic E-state index is -0.375. The zero-order valence-corrected chi connectivity index (χ0v) is 12.0. The van der Waals surface area contributed by atoms with Crippen molar-refractivity contribution < 1.29 is 28.7 Å². The number of aliphatic imine (C=N–C) groups is 1. The summed E-state index contributed by atoms with van der Waals surface area (Å²) in [5.74, 6) is 0.808. The van der Waals surface area contributed by atoms with E-state index in [1.165, 1.54) is 0 Å². The first-order chi connectivity index (χ1) is 7.93. The molecule has 18 heavy (non-hydrogen) atoms. The minimum Gasteiger partial charge on any atom is -0.862 e. The monoisotopic (exact) mass is 241 g/mol. The molecule has 3 nitrogen and oxygen atoms in total. The van der Waals surface area contributed by atoms with Crippen molar-refractivity contribution in [2.24, 2.45) is 10.4 Å². The number of hydrogen-bond donors (Lipinski definition) is 0. The van der Waals surface area contributed by atoms with Gasteiger partial charge in [-0.1, -0.05) is 32.9 Å². The third-order valence-corrected chi connectivity index (χ3v) is 2.46. The standard InChI is InChI=1S/C14H21NO2.Li/c1-14(2,3)13(16)15-10-9-11-5-7-12(17-4)8-6-11;/h5-8H,9-10H2,1-4H3,(H,15,16);/q;+1/p-1. The van der Waals surface area contributed by atoms with Gasteiger partial charge in [0.2, 0.25) is 0 Å². The van der Waals surface area contributed by atoms with Crippen LogP contribution in [0.5, 0.6) is 5.75 Å². The Balaban J connectivity index is 0.00000289. The van der Waals surface area contributed by atoms with E-state index in [1.54, 1.807) is 7.11 Å². The van der Waals surface area contributed by atoms with Gasteiger partial charge in [-0.3, -0.25) is 0 Å². The Morgan fingerprint density at radius 3 is 2.22 bits per heavy atom. The molecule has 0 atom stereocenters. The van der Waals surface area contributed by atoms with Gasteiger partial charge >= 0.3 is 18.9 Å². The normalized spacial score (nSPS) is 11.9. The maximum atomic E-state index is 11.6. The molecule has 0 bridgehead atoms. The van der Waals surface area contributed by atoms with E-state index in [2.05, 4.69) is 4.99 Å². The topological polar surface area (TPSA) is 44.6 Å². The van der Waals surface area contributed by atoms with Crippen molar-refractivity contribution in [2.75, 3.05) is 13.7 Å². The fourth-order valence-corrected chi connectivity index (χ4v) is 1.32. The Hall–Kier alpha value is -0.913. The van der Waals surface area contributed by atoms with Crippen molar-refractivity contribution >= 4 is 5.90 Å². The van der Waals surface area contributed by atoms with Crippen LogP contribution in [-0.2, 0) is 6.42 Å². The molecule has 0 spiro atoms. The second-order valence-electron chi connectivity index (χ2n) is 5.03. The number of benzene rings is 1. The maximum Gasteiger partial charge on any atom is 1.00 e. The van der Waals surface area contributed by atoms with E-state index in [9.17, 15) is 5.11 Å². The van der Waals surface area contributed by atoms with Crippen LogP contribution in [0.1, 0.15) is 26.3 Å². The van der Waals surface area contributed by atoms with Gasteiger partial charge in [-0.2, -0.15) is 0 Å². The molecule has 0 amide bonds. The van der Waals surface area contributed by atoms with Crippen LogP contribution in [0.4, 0.5) is 0 Å². The summed E-state index contributed by atoms with van der Waals surface area (Å²) in [6, 6.07) is 7.83. The van der Waals surface area contributed by atoms with Crippen LogP contribution in [0.15, 0.2) is 29.3 Å². The van der Waals surface area contributed by atoms with Crippen molar-refractivity contribution in [1.82, 2.24) is 0 Å². The molecule has 0 aliphatic rings. The number of hydrogen-bond acceptors (Lipinski definition) is 3. The van der Waals surface area contributed by atoms with Gasteiger partial charge in [0.1, 0.15) is 5.75 Å². The van der Waals surface area contributed by atoms with E-state index in [0.717, 1.165) is 17.7 Å². The molecular weight excluding hydrogens is 221 g/mol. The fraction of sp³-hybridized carbons (Fsp3) is 0.500. The van der Waals surface area contributed by atoms with E-state index in [0.29, 0.717) is 6.54 Å². The van der Waals surface area contributed by atoms with Crippen molar-refractivity contribution in [2.45, 2.75) is 27.2 Å². The minimum absolute atomic E-state index is 0. The first-order valence-electron chi connectivity index (χ1n) is 5.78. The van der Waals surface area contributed by atoms with Crippen LogP contribution in [0.25, 0.3) is 0 Å². The van der Waals surface area contributed by atoms with Crippen molar-refractivity contribution in [3.8, 4) is 5.75 Å². The van der Waals surface area contributed by atoms with Gasteiger partial charge in [0.15, 0.2) is 0 Å². The molecule has 1 aromatic rings. The van der Waals surface area contributed by atoms with E-state index in [4.69, 9.17) is 4.74 Å². The molecule has 0 N–H and O–H groups in total. The summed E-state index contributed by atoms with van der Waals surface area (Å²) in [6.07, 6.45) is 0.784. The number of rotatable bonds is 4. The zero-order chi connectivity index (χ0) is 12.9. The third kappa shape index (κ3) is 5.62. The summed E-state index contributed by atoms with van der Waals surface area (Å²) in [7, 11) is 1.65. The van der Waals surface area contributed by atoms with Gasteiger partial charge in [-0.15, -0.1) is 0 Å². The van der Waals surface area contributed by atoms with Crippen molar-refractivity contribution in [3.05, 3.63) is 29.8 Å². The van der Waals surface area contributed by atoms with E-state index in [1.807, 2.05) is 45.0 Å². The van der Waals surface area contributed by atoms with E-state index >= 15 is 0 Å². The average Bonchev–Trinajstić information content (AvgIpc) is 2.28. The first kappa shape index (κ1) is 17.1. The molecule has 1 rings (SSSR count). The predicted octanol–water partition coefficient (Wildman–Crippen LogP) is -0.953. The molecule has 0 aliphatic heterocycles. The largest absolute Gasteiger partial charge is 1.00 e. The Morgan fingerprint density at radius 2 is 1.78 bits per heavy atom.